The summed E-state index contributed by atoms with van der Waals surface area (Å²) in [7, 11) is 0. The van der Waals surface area contributed by atoms with Crippen molar-refractivity contribution in [1.29, 1.82) is 0 Å². The molecule has 0 amide bonds. The lowest BCUT2D eigenvalue weighted by Crippen LogP contribution is -2.17. The van der Waals surface area contributed by atoms with Crippen LogP contribution in [-0.4, -0.2) is 33.7 Å². The standard InChI is InChI=1S/C17H14F3N3O3S/c1-3-25-15(24)13-8-21-23(10(13)2)16-22-14(9-27-16)11-5-4-6-12(7-11)26-17(18,19)20/h4-9H,3H2,1-2H3. The fourth-order valence-corrected chi connectivity index (χ4v) is 3.20. The third kappa shape index (κ3) is 4.27. The Morgan fingerprint density at radius 2 is 2.11 bits per heavy atom. The minimum absolute atomic E-state index is 0.251. The van der Waals surface area contributed by atoms with Crippen molar-refractivity contribution in [3.8, 4) is 22.1 Å². The number of halogens is 3. The largest absolute Gasteiger partial charge is 0.573 e. The second-order valence-corrected chi connectivity index (χ2v) is 6.20. The van der Waals surface area contributed by atoms with Crippen LogP contribution in [0.25, 0.3) is 16.4 Å². The van der Waals surface area contributed by atoms with Crippen molar-refractivity contribution in [3.05, 3.63) is 47.1 Å². The Labute approximate surface area is 156 Å². The highest BCUT2D eigenvalue weighted by Crippen LogP contribution is 2.30. The Bertz CT molecular complexity index is 966. The Hall–Kier alpha value is -2.88. The predicted molar refractivity (Wildman–Crippen MR) is 92.0 cm³/mol. The molecule has 0 unspecified atom stereocenters. The summed E-state index contributed by atoms with van der Waals surface area (Å²) >= 11 is 1.24. The fraction of sp³-hybridized carbons (Fsp3) is 0.235. The Balaban J connectivity index is 1.88. The summed E-state index contributed by atoms with van der Waals surface area (Å²) in [6, 6.07) is 5.55. The van der Waals surface area contributed by atoms with Crippen LogP contribution in [0.2, 0.25) is 0 Å². The molecule has 3 aromatic rings. The number of carbonyl (C=O) groups is 1. The summed E-state index contributed by atoms with van der Waals surface area (Å²) in [5, 5.41) is 6.31. The van der Waals surface area contributed by atoms with Crippen molar-refractivity contribution in [2.45, 2.75) is 20.2 Å². The van der Waals surface area contributed by atoms with Crippen molar-refractivity contribution >= 4 is 17.3 Å². The molecule has 0 saturated carbocycles. The van der Waals surface area contributed by atoms with Crippen molar-refractivity contribution in [1.82, 2.24) is 14.8 Å². The van der Waals surface area contributed by atoms with Crippen LogP contribution in [-0.2, 0) is 4.74 Å². The zero-order chi connectivity index (χ0) is 19.6. The van der Waals surface area contributed by atoms with Crippen molar-refractivity contribution in [3.63, 3.8) is 0 Å². The summed E-state index contributed by atoms with van der Waals surface area (Å²) in [4.78, 5) is 16.3. The summed E-state index contributed by atoms with van der Waals surface area (Å²) in [6.07, 6.45) is -3.37. The van der Waals surface area contributed by atoms with E-state index in [1.807, 2.05) is 0 Å². The number of hydrogen-bond donors (Lipinski definition) is 0. The lowest BCUT2D eigenvalue weighted by atomic mass is 10.2. The van der Waals surface area contributed by atoms with Gasteiger partial charge in [-0.25, -0.2) is 14.5 Å². The first-order valence-corrected chi connectivity index (χ1v) is 8.70. The third-order valence-electron chi connectivity index (χ3n) is 3.54. The molecule has 0 N–H and O–H groups in total. The van der Waals surface area contributed by atoms with Gasteiger partial charge in [0.1, 0.15) is 11.3 Å². The van der Waals surface area contributed by atoms with E-state index in [0.29, 0.717) is 27.6 Å². The quantitative estimate of drug-likeness (QED) is 0.598. The molecule has 1 aromatic carbocycles. The minimum Gasteiger partial charge on any atom is -0.462 e. The molecule has 6 nitrogen and oxygen atoms in total. The molecular formula is C17H14F3N3O3S. The monoisotopic (exact) mass is 397 g/mol. The topological polar surface area (TPSA) is 66.2 Å². The van der Waals surface area contributed by atoms with E-state index in [2.05, 4.69) is 14.8 Å². The molecule has 0 aliphatic carbocycles. The average Bonchev–Trinajstić information content (AvgIpc) is 3.20. The molecule has 0 aliphatic rings. The number of carbonyl (C=O) groups excluding carboxylic acids is 1. The molecule has 27 heavy (non-hydrogen) atoms. The maximum Gasteiger partial charge on any atom is 0.573 e. The zero-order valence-corrected chi connectivity index (χ0v) is 15.1. The van der Waals surface area contributed by atoms with Gasteiger partial charge < -0.3 is 9.47 Å². The van der Waals surface area contributed by atoms with E-state index in [1.54, 1.807) is 25.3 Å². The molecule has 2 aromatic heterocycles. The molecule has 2 heterocycles. The normalized spacial score (nSPS) is 11.4. The van der Waals surface area contributed by atoms with Crippen LogP contribution < -0.4 is 4.74 Å². The summed E-state index contributed by atoms with van der Waals surface area (Å²) in [6.45, 7) is 3.67. The number of ether oxygens (including phenoxy) is 2. The van der Waals surface area contributed by atoms with Gasteiger partial charge in [0.25, 0.3) is 0 Å². The second-order valence-electron chi connectivity index (χ2n) is 5.37. The van der Waals surface area contributed by atoms with Crippen LogP contribution in [0.4, 0.5) is 13.2 Å². The molecular weight excluding hydrogens is 383 g/mol. The molecule has 0 saturated heterocycles. The number of thiazole rings is 1. The molecule has 10 heteroatoms. The number of aromatic nitrogens is 3. The Morgan fingerprint density at radius 3 is 2.81 bits per heavy atom. The first kappa shape index (κ1) is 18.9. The highest BCUT2D eigenvalue weighted by atomic mass is 32.1. The van der Waals surface area contributed by atoms with Crippen LogP contribution in [0.5, 0.6) is 5.75 Å². The molecule has 0 bridgehead atoms. The Morgan fingerprint density at radius 1 is 1.33 bits per heavy atom. The number of alkyl halides is 3. The van der Waals surface area contributed by atoms with Gasteiger partial charge in [-0.3, -0.25) is 0 Å². The van der Waals surface area contributed by atoms with E-state index >= 15 is 0 Å². The van der Waals surface area contributed by atoms with Crippen molar-refractivity contribution in [2.24, 2.45) is 0 Å². The van der Waals surface area contributed by atoms with E-state index in [4.69, 9.17) is 4.74 Å². The Kier molecular flexibility index (Phi) is 5.17. The highest BCUT2D eigenvalue weighted by molar-refractivity contribution is 7.12. The molecule has 3 rings (SSSR count). The minimum atomic E-state index is -4.76. The smallest absolute Gasteiger partial charge is 0.462 e. The number of benzene rings is 1. The van der Waals surface area contributed by atoms with Crippen LogP contribution in [0, 0.1) is 6.92 Å². The summed E-state index contributed by atoms with van der Waals surface area (Å²) in [5.41, 5.74) is 1.82. The molecule has 0 spiro atoms. The number of rotatable bonds is 5. The van der Waals surface area contributed by atoms with E-state index in [-0.39, 0.29) is 12.4 Å². The maximum atomic E-state index is 12.4. The fourth-order valence-electron chi connectivity index (χ4n) is 2.36. The summed E-state index contributed by atoms with van der Waals surface area (Å²) < 4.78 is 47.5. The lowest BCUT2D eigenvalue weighted by molar-refractivity contribution is -0.274. The second kappa shape index (κ2) is 7.39. The average molecular weight is 397 g/mol. The van der Waals surface area contributed by atoms with E-state index in [1.165, 1.54) is 40.4 Å². The van der Waals surface area contributed by atoms with Gasteiger partial charge in [0.05, 0.1) is 24.2 Å². The molecule has 0 atom stereocenters. The van der Waals surface area contributed by atoms with Gasteiger partial charge in [-0.05, 0) is 26.0 Å². The number of hydrogen-bond acceptors (Lipinski definition) is 6. The van der Waals surface area contributed by atoms with Gasteiger partial charge in [-0.15, -0.1) is 24.5 Å². The SMILES string of the molecule is CCOC(=O)c1cnn(-c2nc(-c3cccc(OC(F)(F)F)c3)cs2)c1C. The van der Waals surface area contributed by atoms with E-state index in [9.17, 15) is 18.0 Å². The first-order valence-electron chi connectivity index (χ1n) is 7.82. The summed E-state index contributed by atoms with van der Waals surface area (Å²) in [5.74, 6) is -0.801. The van der Waals surface area contributed by atoms with Crippen molar-refractivity contribution < 1.29 is 27.4 Å². The van der Waals surface area contributed by atoms with E-state index < -0.39 is 12.3 Å². The predicted octanol–water partition coefficient (Wildman–Crippen LogP) is 4.38. The van der Waals surface area contributed by atoms with Gasteiger partial charge in [0.15, 0.2) is 0 Å². The van der Waals surface area contributed by atoms with Crippen LogP contribution >= 0.6 is 11.3 Å². The van der Waals surface area contributed by atoms with Gasteiger partial charge in [-0.2, -0.15) is 5.10 Å². The zero-order valence-electron chi connectivity index (χ0n) is 14.3. The van der Waals surface area contributed by atoms with E-state index in [0.717, 1.165) is 0 Å². The molecule has 142 valence electrons. The van der Waals surface area contributed by atoms with Gasteiger partial charge in [0.2, 0.25) is 5.13 Å². The molecule has 0 aliphatic heterocycles. The van der Waals surface area contributed by atoms with Gasteiger partial charge in [0, 0.05) is 10.9 Å². The lowest BCUT2D eigenvalue weighted by Gasteiger charge is -2.09. The number of nitrogens with zero attached hydrogens (tertiary/aromatic N) is 3. The van der Waals surface area contributed by atoms with Crippen molar-refractivity contribution in [2.75, 3.05) is 6.61 Å². The van der Waals surface area contributed by atoms with Gasteiger partial charge in [-0.1, -0.05) is 12.1 Å². The van der Waals surface area contributed by atoms with Crippen LogP contribution in [0.15, 0.2) is 35.8 Å². The maximum absolute atomic E-state index is 12.4. The van der Waals surface area contributed by atoms with Crippen LogP contribution in [0.1, 0.15) is 23.0 Å². The number of esters is 1. The van der Waals surface area contributed by atoms with Gasteiger partial charge >= 0.3 is 12.3 Å². The first-order chi connectivity index (χ1) is 12.8. The molecule has 0 radical (unpaired) electrons. The third-order valence-corrected chi connectivity index (χ3v) is 4.36. The van der Waals surface area contributed by atoms with Crippen LogP contribution in [0.3, 0.4) is 0 Å². The highest BCUT2D eigenvalue weighted by Gasteiger charge is 2.31. The molecule has 0 fully saturated rings.